The van der Waals surface area contributed by atoms with E-state index in [0.717, 1.165) is 42.4 Å². The Kier molecular flexibility index (Phi) is 5.87. The zero-order chi connectivity index (χ0) is 21.6. The molecule has 0 bridgehead atoms. The van der Waals surface area contributed by atoms with Gasteiger partial charge in [0.15, 0.2) is 0 Å². The number of allylic oxidation sites excluding steroid dienone is 1. The van der Waals surface area contributed by atoms with Crippen LogP contribution in [0, 0.1) is 47.3 Å². The van der Waals surface area contributed by atoms with Crippen molar-refractivity contribution >= 4 is 6.08 Å². The Labute approximate surface area is 190 Å². The summed E-state index contributed by atoms with van der Waals surface area (Å²) in [5, 5.41) is 10.3. The van der Waals surface area contributed by atoms with Gasteiger partial charge in [-0.25, -0.2) is 0 Å². The van der Waals surface area contributed by atoms with Gasteiger partial charge >= 0.3 is 0 Å². The fourth-order valence-corrected chi connectivity index (χ4v) is 9.11. The number of fused-ring (bicyclic) bond motifs is 5. The molecule has 4 aliphatic rings. The third kappa shape index (κ3) is 3.84. The van der Waals surface area contributed by atoms with Gasteiger partial charge < -0.3 is 5.11 Å². The zero-order valence-corrected chi connectivity index (χ0v) is 20.2. The summed E-state index contributed by atoms with van der Waals surface area (Å²) in [7, 11) is 0. The van der Waals surface area contributed by atoms with E-state index in [1.165, 1.54) is 68.9 Å². The molecule has 1 aromatic carbocycles. The van der Waals surface area contributed by atoms with Gasteiger partial charge in [-0.1, -0.05) is 55.8 Å². The highest BCUT2D eigenvalue weighted by molar-refractivity contribution is 5.50. The van der Waals surface area contributed by atoms with E-state index in [-0.39, 0.29) is 6.10 Å². The van der Waals surface area contributed by atoms with Crippen LogP contribution >= 0.6 is 0 Å². The minimum atomic E-state index is -0.0211. The molecular weight excluding hydrogens is 376 g/mol. The van der Waals surface area contributed by atoms with E-state index in [9.17, 15) is 5.11 Å². The van der Waals surface area contributed by atoms with Crippen molar-refractivity contribution in [1.82, 2.24) is 0 Å². The number of aliphatic hydroxyl groups is 1. The van der Waals surface area contributed by atoms with Crippen molar-refractivity contribution in [3.05, 3.63) is 41.5 Å². The summed E-state index contributed by atoms with van der Waals surface area (Å²) in [6.07, 6.45) is 19.4. The minimum absolute atomic E-state index is 0.0211. The molecule has 0 aromatic heterocycles. The fourth-order valence-electron chi connectivity index (χ4n) is 9.11. The first kappa shape index (κ1) is 21.7. The molecule has 0 spiro atoms. The van der Waals surface area contributed by atoms with Crippen LogP contribution in [0.1, 0.15) is 95.6 Å². The lowest BCUT2D eigenvalue weighted by Gasteiger charge is -2.61. The van der Waals surface area contributed by atoms with Crippen LogP contribution < -0.4 is 0 Å². The topological polar surface area (TPSA) is 20.2 Å². The van der Waals surface area contributed by atoms with Gasteiger partial charge in [0.05, 0.1) is 6.10 Å². The molecule has 1 nitrogen and oxygen atoms in total. The van der Waals surface area contributed by atoms with Gasteiger partial charge in [-0.05, 0) is 124 Å². The van der Waals surface area contributed by atoms with Gasteiger partial charge in [0.25, 0.3) is 0 Å². The Morgan fingerprint density at radius 1 is 0.968 bits per heavy atom. The summed E-state index contributed by atoms with van der Waals surface area (Å²) in [4.78, 5) is 0. The number of benzene rings is 1. The maximum Gasteiger partial charge on any atom is 0.0543 e. The Bertz CT molecular complexity index is 810. The first-order valence-corrected chi connectivity index (χ1v) is 13.3. The molecule has 170 valence electrons. The number of rotatable bonds is 4. The second-order valence-electron chi connectivity index (χ2n) is 12.3. The van der Waals surface area contributed by atoms with E-state index in [1.54, 1.807) is 0 Å². The molecule has 0 amide bonds. The molecule has 0 radical (unpaired) electrons. The lowest BCUT2D eigenvalue weighted by molar-refractivity contribution is -0.126. The molecule has 31 heavy (non-hydrogen) atoms. The third-order valence-electron chi connectivity index (χ3n) is 10.9. The number of aryl methyl sites for hydroxylation is 1. The van der Waals surface area contributed by atoms with Crippen molar-refractivity contribution in [3.8, 4) is 0 Å². The lowest BCUT2D eigenvalue weighted by Crippen LogP contribution is -2.53. The highest BCUT2D eigenvalue weighted by Crippen LogP contribution is 2.67. The molecule has 5 rings (SSSR count). The van der Waals surface area contributed by atoms with Crippen LogP contribution in [0.25, 0.3) is 6.08 Å². The van der Waals surface area contributed by atoms with Gasteiger partial charge in [-0.3, -0.25) is 0 Å². The van der Waals surface area contributed by atoms with E-state index in [4.69, 9.17) is 0 Å². The van der Waals surface area contributed by atoms with Crippen molar-refractivity contribution in [1.29, 1.82) is 0 Å². The first-order valence-electron chi connectivity index (χ1n) is 13.3. The smallest absolute Gasteiger partial charge is 0.0543 e. The molecule has 1 aromatic rings. The second kappa shape index (κ2) is 8.36. The van der Waals surface area contributed by atoms with Crippen molar-refractivity contribution in [3.63, 3.8) is 0 Å². The van der Waals surface area contributed by atoms with Crippen molar-refractivity contribution < 1.29 is 5.11 Å². The highest BCUT2D eigenvalue weighted by Gasteiger charge is 2.59. The molecule has 4 fully saturated rings. The SMILES string of the molecule is Cc1cccc(/C=C/CC[C@H]2CCC3C4CCC5C[C@H](O)CCC5(C)C4CCC32C)c1. The van der Waals surface area contributed by atoms with E-state index in [1.807, 2.05) is 0 Å². The minimum Gasteiger partial charge on any atom is -0.393 e. The lowest BCUT2D eigenvalue weighted by atomic mass is 9.44. The molecule has 1 heteroatoms. The van der Waals surface area contributed by atoms with Gasteiger partial charge in [-0.2, -0.15) is 0 Å². The predicted molar refractivity (Wildman–Crippen MR) is 131 cm³/mol. The average molecular weight is 421 g/mol. The van der Waals surface area contributed by atoms with Gasteiger partial charge in [0, 0.05) is 0 Å². The fraction of sp³-hybridized carbons (Fsp3) is 0.733. The Morgan fingerprint density at radius 3 is 2.61 bits per heavy atom. The summed E-state index contributed by atoms with van der Waals surface area (Å²) in [6.45, 7) is 7.47. The van der Waals surface area contributed by atoms with Crippen LogP contribution in [0.4, 0.5) is 0 Å². The van der Waals surface area contributed by atoms with Crippen LogP contribution in [-0.4, -0.2) is 11.2 Å². The molecule has 6 unspecified atom stereocenters. The summed E-state index contributed by atoms with van der Waals surface area (Å²) in [6, 6.07) is 8.85. The standard InChI is InChI=1S/C30H44O/c1-21-7-6-9-22(19-21)8-4-5-10-23-12-14-27-26-13-11-24-20-25(31)15-17-30(24,3)28(26)16-18-29(23,27)2/h4,6-9,19,23-28,31H,5,10-18,20H2,1-3H3/b8-4+/t23-,24?,25+,26?,27?,28?,29?,30?/m0/s1. The van der Waals surface area contributed by atoms with Gasteiger partial charge in [0.2, 0.25) is 0 Å². The Hall–Kier alpha value is -1.08. The summed E-state index contributed by atoms with van der Waals surface area (Å²) < 4.78 is 0. The van der Waals surface area contributed by atoms with Crippen LogP contribution in [0.5, 0.6) is 0 Å². The highest BCUT2D eigenvalue weighted by atomic mass is 16.3. The zero-order valence-electron chi connectivity index (χ0n) is 20.2. The summed E-state index contributed by atoms with van der Waals surface area (Å²) in [5.41, 5.74) is 3.79. The summed E-state index contributed by atoms with van der Waals surface area (Å²) in [5.74, 6) is 4.55. The second-order valence-corrected chi connectivity index (χ2v) is 12.3. The molecule has 0 aliphatic heterocycles. The maximum absolute atomic E-state index is 10.3. The quantitative estimate of drug-likeness (QED) is 0.526. The van der Waals surface area contributed by atoms with Crippen LogP contribution in [0.15, 0.2) is 30.3 Å². The molecule has 4 aliphatic carbocycles. The van der Waals surface area contributed by atoms with Crippen molar-refractivity contribution in [2.75, 3.05) is 0 Å². The largest absolute Gasteiger partial charge is 0.393 e. The van der Waals surface area contributed by atoms with Crippen LogP contribution in [0.3, 0.4) is 0 Å². The average Bonchev–Trinajstić information content (AvgIpc) is 3.08. The summed E-state index contributed by atoms with van der Waals surface area (Å²) >= 11 is 0. The molecular formula is C30H44O. The third-order valence-corrected chi connectivity index (χ3v) is 10.9. The van der Waals surface area contributed by atoms with E-state index >= 15 is 0 Å². The van der Waals surface area contributed by atoms with E-state index in [0.29, 0.717) is 10.8 Å². The van der Waals surface area contributed by atoms with E-state index in [2.05, 4.69) is 57.2 Å². The van der Waals surface area contributed by atoms with Gasteiger partial charge in [0.1, 0.15) is 0 Å². The normalized spacial score (nSPS) is 44.6. The molecule has 0 heterocycles. The first-order chi connectivity index (χ1) is 14.9. The Balaban J connectivity index is 1.24. The van der Waals surface area contributed by atoms with Crippen LogP contribution in [-0.2, 0) is 0 Å². The molecule has 1 N–H and O–H groups in total. The number of hydrogen-bond acceptors (Lipinski definition) is 1. The van der Waals surface area contributed by atoms with Crippen molar-refractivity contribution in [2.45, 2.75) is 97.5 Å². The van der Waals surface area contributed by atoms with Crippen molar-refractivity contribution in [2.24, 2.45) is 40.4 Å². The Morgan fingerprint density at radius 2 is 1.77 bits per heavy atom. The molecule has 4 saturated carbocycles. The van der Waals surface area contributed by atoms with Gasteiger partial charge in [-0.15, -0.1) is 0 Å². The van der Waals surface area contributed by atoms with E-state index < -0.39 is 0 Å². The number of hydrogen-bond donors (Lipinski definition) is 1. The number of aliphatic hydroxyl groups excluding tert-OH is 1. The molecule has 0 saturated heterocycles. The predicted octanol–water partition coefficient (Wildman–Crippen LogP) is 7.81. The van der Waals surface area contributed by atoms with Crippen LogP contribution in [0.2, 0.25) is 0 Å². The molecule has 8 atom stereocenters. The monoisotopic (exact) mass is 420 g/mol. The maximum atomic E-state index is 10.3.